The van der Waals surface area contributed by atoms with Crippen molar-refractivity contribution >= 4 is 49.0 Å². The Morgan fingerprint density at radius 3 is 2.54 bits per heavy atom. The summed E-state index contributed by atoms with van der Waals surface area (Å²) in [5.41, 5.74) is 5.00. The van der Waals surface area contributed by atoms with Gasteiger partial charge in [-0.2, -0.15) is 5.26 Å². The van der Waals surface area contributed by atoms with E-state index in [2.05, 4.69) is 47.5 Å². The Balaban J connectivity index is 2.19. The Labute approximate surface area is 172 Å². The smallest absolute Gasteiger partial charge is 0.176 e. The fourth-order valence-electron chi connectivity index (χ4n) is 2.96. The molecule has 0 aliphatic heterocycles. The predicted octanol–water partition coefficient (Wildman–Crippen LogP) is 5.35. The Morgan fingerprint density at radius 1 is 1.31 bits per heavy atom. The third kappa shape index (κ3) is 3.54. The van der Waals surface area contributed by atoms with Crippen LogP contribution in [-0.2, 0) is 6.42 Å². The van der Waals surface area contributed by atoms with Crippen molar-refractivity contribution in [2.24, 2.45) is 0 Å². The first kappa shape index (κ1) is 19.0. The highest BCUT2D eigenvalue weighted by Gasteiger charge is 2.24. The number of thiazole rings is 1. The largest absolute Gasteiger partial charge is 0.316 e. The molecule has 0 aliphatic rings. The Hall–Kier alpha value is -1.75. The number of benzene rings is 1. The van der Waals surface area contributed by atoms with Crippen LogP contribution < -0.4 is 0 Å². The zero-order valence-electron chi connectivity index (χ0n) is 14.2. The van der Waals surface area contributed by atoms with Crippen molar-refractivity contribution in [3.05, 3.63) is 67.3 Å². The van der Waals surface area contributed by atoms with E-state index in [4.69, 9.17) is 5.26 Å². The molecule has 132 valence electrons. The summed E-state index contributed by atoms with van der Waals surface area (Å²) in [6.45, 7) is 3.92. The molecule has 2 heterocycles. The van der Waals surface area contributed by atoms with Crippen molar-refractivity contribution in [1.82, 2.24) is 9.55 Å². The predicted molar refractivity (Wildman–Crippen MR) is 111 cm³/mol. The van der Waals surface area contributed by atoms with Crippen LogP contribution in [0.25, 0.3) is 5.69 Å². The highest BCUT2D eigenvalue weighted by Crippen LogP contribution is 2.33. The molecule has 7 heteroatoms. The van der Waals surface area contributed by atoms with E-state index in [-0.39, 0.29) is 11.1 Å². The van der Waals surface area contributed by atoms with Gasteiger partial charge in [-0.3, -0.25) is 4.79 Å². The number of aryl methyl sites for hydroxylation is 1. The van der Waals surface area contributed by atoms with Crippen LogP contribution in [0.4, 0.5) is 0 Å². The fourth-order valence-corrected chi connectivity index (χ4v) is 4.68. The van der Waals surface area contributed by atoms with Gasteiger partial charge in [0.2, 0.25) is 0 Å². The summed E-state index contributed by atoms with van der Waals surface area (Å²) in [7, 11) is 0. The first-order valence-corrected chi connectivity index (χ1v) is 10.7. The van der Waals surface area contributed by atoms with E-state index in [1.54, 1.807) is 23.5 Å². The zero-order chi connectivity index (χ0) is 18.8. The van der Waals surface area contributed by atoms with Crippen molar-refractivity contribution in [3.8, 4) is 11.8 Å². The van der Waals surface area contributed by atoms with E-state index in [0.29, 0.717) is 17.5 Å². The maximum absolute atomic E-state index is 12.5. The molecule has 0 N–H and O–H groups in total. The van der Waals surface area contributed by atoms with Gasteiger partial charge < -0.3 is 4.57 Å². The van der Waals surface area contributed by atoms with Crippen LogP contribution in [-0.4, -0.2) is 20.7 Å². The quantitative estimate of drug-likeness (QED) is 0.356. The summed E-state index contributed by atoms with van der Waals surface area (Å²) in [6, 6.07) is 9.50. The van der Waals surface area contributed by atoms with Crippen LogP contribution in [0.2, 0.25) is 0 Å². The van der Waals surface area contributed by atoms with Crippen molar-refractivity contribution in [1.29, 1.82) is 5.26 Å². The van der Waals surface area contributed by atoms with E-state index < -0.39 is 0 Å². The minimum absolute atomic E-state index is 0.0254. The maximum Gasteiger partial charge on any atom is 0.176 e. The van der Waals surface area contributed by atoms with Crippen molar-refractivity contribution < 1.29 is 4.79 Å². The number of nitrogens with zero attached hydrogens (tertiary/aromatic N) is 3. The second kappa shape index (κ2) is 7.87. The van der Waals surface area contributed by atoms with Gasteiger partial charge in [-0.1, -0.05) is 15.9 Å². The van der Waals surface area contributed by atoms with E-state index in [1.807, 2.05) is 31.4 Å². The third-order valence-electron chi connectivity index (χ3n) is 4.11. The summed E-state index contributed by atoms with van der Waals surface area (Å²) < 4.78 is 2.87. The molecule has 0 radical (unpaired) electrons. The number of carbonyl (C=O) groups excluding carboxylic acids is 1. The standard InChI is InChI=1S/C19H15Br2N3OS/c1-11-18(17(25)8-20)19(21)16(7-14-10-26-12(2)23-14)24(11)15-5-3-13(9-22)4-6-15/h3-6,10H,7-8H2,1-2H3. The van der Waals surface area contributed by atoms with Crippen molar-refractivity contribution in [2.45, 2.75) is 20.3 Å². The van der Waals surface area contributed by atoms with Crippen LogP contribution in [0.5, 0.6) is 0 Å². The average Bonchev–Trinajstić information content (AvgIpc) is 3.16. The summed E-state index contributed by atoms with van der Waals surface area (Å²) in [5, 5.41) is 12.4. The second-order valence-electron chi connectivity index (χ2n) is 5.81. The number of carbonyl (C=O) groups is 1. The number of aromatic nitrogens is 2. The van der Waals surface area contributed by atoms with Gasteiger partial charge in [0.05, 0.1) is 37.7 Å². The molecule has 1 aromatic carbocycles. The molecule has 3 rings (SSSR count). The molecular weight excluding hydrogens is 478 g/mol. The molecular formula is C19H15Br2N3OS. The average molecular weight is 493 g/mol. The lowest BCUT2D eigenvalue weighted by Gasteiger charge is -2.12. The van der Waals surface area contributed by atoms with Crippen LogP contribution in [0.3, 0.4) is 0 Å². The van der Waals surface area contributed by atoms with Gasteiger partial charge in [-0.05, 0) is 54.0 Å². The Kier molecular flexibility index (Phi) is 5.76. The highest BCUT2D eigenvalue weighted by atomic mass is 79.9. The van der Waals surface area contributed by atoms with Crippen LogP contribution in [0, 0.1) is 25.2 Å². The number of Topliss-reactive ketones (excluding diaryl/α,β-unsaturated/α-hetero) is 1. The Bertz CT molecular complexity index is 1010. The first-order valence-electron chi connectivity index (χ1n) is 7.86. The molecule has 0 saturated carbocycles. The van der Waals surface area contributed by atoms with Gasteiger partial charge in [0.15, 0.2) is 5.78 Å². The number of nitriles is 1. The molecule has 0 spiro atoms. The molecule has 0 fully saturated rings. The van der Waals surface area contributed by atoms with E-state index in [1.165, 1.54) is 0 Å². The summed E-state index contributed by atoms with van der Waals surface area (Å²) in [5.74, 6) is 0.0254. The van der Waals surface area contributed by atoms with E-state index >= 15 is 0 Å². The number of alkyl halides is 1. The molecule has 0 saturated heterocycles. The lowest BCUT2D eigenvalue weighted by Crippen LogP contribution is -2.05. The molecule has 0 bridgehead atoms. The number of halogens is 2. The van der Waals surface area contributed by atoms with Gasteiger partial charge in [0.1, 0.15) is 0 Å². The van der Waals surface area contributed by atoms with Gasteiger partial charge in [0, 0.05) is 28.9 Å². The third-order valence-corrected chi connectivity index (χ3v) is 6.30. The minimum atomic E-state index is 0.0254. The lowest BCUT2D eigenvalue weighted by atomic mass is 10.1. The summed E-state index contributed by atoms with van der Waals surface area (Å²) in [4.78, 5) is 17.0. The van der Waals surface area contributed by atoms with Crippen LogP contribution >= 0.6 is 43.2 Å². The molecule has 0 amide bonds. The topological polar surface area (TPSA) is 58.7 Å². The SMILES string of the molecule is Cc1nc(Cc2c(Br)c(C(=O)CBr)c(C)n2-c2ccc(C#N)cc2)cs1. The fraction of sp³-hybridized carbons (Fsp3) is 0.211. The molecule has 0 aliphatic carbocycles. The van der Waals surface area contributed by atoms with E-state index in [0.717, 1.165) is 32.2 Å². The van der Waals surface area contributed by atoms with Crippen LogP contribution in [0.1, 0.15) is 38.0 Å². The maximum atomic E-state index is 12.5. The number of hydrogen-bond acceptors (Lipinski definition) is 4. The van der Waals surface area contributed by atoms with Crippen LogP contribution in [0.15, 0.2) is 34.1 Å². The van der Waals surface area contributed by atoms with Gasteiger partial charge in [0.25, 0.3) is 0 Å². The minimum Gasteiger partial charge on any atom is -0.316 e. The zero-order valence-corrected chi connectivity index (χ0v) is 18.2. The summed E-state index contributed by atoms with van der Waals surface area (Å²) >= 11 is 8.53. The second-order valence-corrected chi connectivity index (χ2v) is 8.22. The van der Waals surface area contributed by atoms with Crippen molar-refractivity contribution in [3.63, 3.8) is 0 Å². The van der Waals surface area contributed by atoms with Crippen molar-refractivity contribution in [2.75, 3.05) is 5.33 Å². The van der Waals surface area contributed by atoms with Gasteiger partial charge in [-0.25, -0.2) is 4.98 Å². The van der Waals surface area contributed by atoms with Gasteiger partial charge in [-0.15, -0.1) is 11.3 Å². The van der Waals surface area contributed by atoms with E-state index in [9.17, 15) is 4.79 Å². The molecule has 26 heavy (non-hydrogen) atoms. The first-order chi connectivity index (χ1) is 12.5. The monoisotopic (exact) mass is 491 g/mol. The molecule has 2 aromatic heterocycles. The normalized spacial score (nSPS) is 10.7. The number of rotatable bonds is 5. The lowest BCUT2D eigenvalue weighted by molar-refractivity contribution is 0.102. The molecule has 4 nitrogen and oxygen atoms in total. The number of ketones is 1. The Morgan fingerprint density at radius 2 is 2.00 bits per heavy atom. The highest BCUT2D eigenvalue weighted by molar-refractivity contribution is 9.10. The van der Waals surface area contributed by atoms with Gasteiger partial charge >= 0.3 is 0 Å². The number of hydrogen-bond donors (Lipinski definition) is 0. The molecule has 0 atom stereocenters. The molecule has 0 unspecified atom stereocenters. The molecule has 3 aromatic rings. The summed E-state index contributed by atoms with van der Waals surface area (Å²) in [6.07, 6.45) is 0.612.